The van der Waals surface area contributed by atoms with Crippen molar-refractivity contribution in [2.45, 2.75) is 13.3 Å². The summed E-state index contributed by atoms with van der Waals surface area (Å²) in [5.74, 6) is -0.987. The minimum Gasteiger partial charge on any atom is -0.385 e. The van der Waals surface area contributed by atoms with Crippen LogP contribution in [0, 0.1) is 6.92 Å². The highest BCUT2D eigenvalue weighted by Gasteiger charge is 2.35. The number of nitrogens with one attached hydrogen (secondary N) is 1. The zero-order valence-electron chi connectivity index (χ0n) is 13.9. The lowest BCUT2D eigenvalue weighted by Gasteiger charge is -2.12. The second-order valence-corrected chi connectivity index (χ2v) is 5.66. The van der Waals surface area contributed by atoms with Crippen molar-refractivity contribution in [3.63, 3.8) is 0 Å². The zero-order valence-corrected chi connectivity index (χ0v) is 13.9. The zero-order chi connectivity index (χ0) is 18.0. The summed E-state index contributed by atoms with van der Waals surface area (Å²) in [6.45, 7) is 2.47. The van der Waals surface area contributed by atoms with Crippen LogP contribution in [0.3, 0.4) is 0 Å². The SMILES string of the molecule is COCCCN1C(=O)c2ccc(C(=O)Nc3cc(C)no3)cc2C1=O. The van der Waals surface area contributed by atoms with Gasteiger partial charge in [-0.2, -0.15) is 0 Å². The van der Waals surface area contributed by atoms with Crippen molar-refractivity contribution in [2.75, 3.05) is 25.6 Å². The molecule has 1 aromatic heterocycles. The number of hydrogen-bond acceptors (Lipinski definition) is 6. The average Bonchev–Trinajstić information content (AvgIpc) is 3.11. The number of benzene rings is 1. The van der Waals surface area contributed by atoms with Crippen LogP contribution in [0.4, 0.5) is 5.88 Å². The van der Waals surface area contributed by atoms with Gasteiger partial charge < -0.3 is 9.26 Å². The third-order valence-electron chi connectivity index (χ3n) is 3.83. The molecule has 1 aromatic carbocycles. The largest absolute Gasteiger partial charge is 0.385 e. The number of aryl methyl sites for hydroxylation is 1. The first-order valence-corrected chi connectivity index (χ1v) is 7.75. The van der Waals surface area contributed by atoms with E-state index in [1.807, 2.05) is 0 Å². The minimum absolute atomic E-state index is 0.214. The number of rotatable bonds is 6. The summed E-state index contributed by atoms with van der Waals surface area (Å²) in [5, 5.41) is 6.24. The fourth-order valence-corrected chi connectivity index (χ4v) is 2.61. The summed E-state index contributed by atoms with van der Waals surface area (Å²) in [7, 11) is 1.56. The van der Waals surface area contributed by atoms with E-state index in [2.05, 4.69) is 10.5 Å². The van der Waals surface area contributed by atoms with Crippen LogP contribution in [-0.4, -0.2) is 48.0 Å². The summed E-state index contributed by atoms with van der Waals surface area (Å²) in [6.07, 6.45) is 0.556. The quantitative estimate of drug-likeness (QED) is 0.634. The number of anilines is 1. The Morgan fingerprint density at radius 1 is 1.24 bits per heavy atom. The third kappa shape index (κ3) is 3.29. The molecule has 0 atom stereocenters. The molecule has 1 aliphatic heterocycles. The number of carbonyl (C=O) groups excluding carboxylic acids is 3. The van der Waals surface area contributed by atoms with Crippen LogP contribution >= 0.6 is 0 Å². The average molecular weight is 343 g/mol. The van der Waals surface area contributed by atoms with Gasteiger partial charge in [-0.15, -0.1) is 0 Å². The van der Waals surface area contributed by atoms with Crippen molar-refractivity contribution in [1.82, 2.24) is 10.1 Å². The van der Waals surface area contributed by atoms with E-state index < -0.39 is 11.8 Å². The van der Waals surface area contributed by atoms with Gasteiger partial charge in [0.1, 0.15) is 0 Å². The van der Waals surface area contributed by atoms with Crippen LogP contribution in [0.1, 0.15) is 43.2 Å². The molecule has 0 fully saturated rings. The molecule has 0 saturated heterocycles. The van der Waals surface area contributed by atoms with Crippen LogP contribution in [0.15, 0.2) is 28.8 Å². The molecule has 2 aromatic rings. The van der Waals surface area contributed by atoms with Gasteiger partial charge in [0.25, 0.3) is 17.7 Å². The smallest absolute Gasteiger partial charge is 0.261 e. The van der Waals surface area contributed by atoms with Crippen LogP contribution in [0.2, 0.25) is 0 Å². The molecule has 0 unspecified atom stereocenters. The molecule has 8 heteroatoms. The molecule has 130 valence electrons. The highest BCUT2D eigenvalue weighted by Crippen LogP contribution is 2.24. The van der Waals surface area contributed by atoms with E-state index in [0.717, 1.165) is 0 Å². The van der Waals surface area contributed by atoms with Gasteiger partial charge in [0, 0.05) is 31.9 Å². The summed E-state index contributed by atoms with van der Waals surface area (Å²) in [4.78, 5) is 38.2. The van der Waals surface area contributed by atoms with E-state index >= 15 is 0 Å². The second kappa shape index (κ2) is 6.86. The van der Waals surface area contributed by atoms with E-state index in [1.54, 1.807) is 20.1 Å². The molecule has 2 heterocycles. The van der Waals surface area contributed by atoms with Crippen LogP contribution in [0.25, 0.3) is 0 Å². The van der Waals surface area contributed by atoms with Crippen molar-refractivity contribution in [2.24, 2.45) is 0 Å². The van der Waals surface area contributed by atoms with Gasteiger partial charge in [0.15, 0.2) is 0 Å². The molecule has 8 nitrogen and oxygen atoms in total. The van der Waals surface area contributed by atoms with Gasteiger partial charge in [0.2, 0.25) is 5.88 Å². The lowest BCUT2D eigenvalue weighted by atomic mass is 10.1. The van der Waals surface area contributed by atoms with Crippen LogP contribution in [0.5, 0.6) is 0 Å². The van der Waals surface area contributed by atoms with Gasteiger partial charge in [-0.3, -0.25) is 24.6 Å². The maximum absolute atomic E-state index is 12.4. The van der Waals surface area contributed by atoms with E-state index in [1.165, 1.54) is 23.1 Å². The van der Waals surface area contributed by atoms with Gasteiger partial charge in [-0.25, -0.2) is 0 Å². The Hall–Kier alpha value is -3.00. The summed E-state index contributed by atoms with van der Waals surface area (Å²) >= 11 is 0. The second-order valence-electron chi connectivity index (χ2n) is 5.66. The Morgan fingerprint density at radius 3 is 2.68 bits per heavy atom. The molecular formula is C17H17N3O5. The summed E-state index contributed by atoms with van der Waals surface area (Å²) in [5.41, 5.74) is 1.42. The van der Waals surface area contributed by atoms with Crippen molar-refractivity contribution in [1.29, 1.82) is 0 Å². The number of nitrogens with zero attached hydrogens (tertiary/aromatic N) is 2. The molecule has 0 saturated carbocycles. The molecular weight excluding hydrogens is 326 g/mol. The number of carbonyl (C=O) groups is 3. The predicted molar refractivity (Wildman–Crippen MR) is 87.5 cm³/mol. The highest BCUT2D eigenvalue weighted by atomic mass is 16.5. The fraction of sp³-hybridized carbons (Fsp3) is 0.294. The number of hydrogen-bond donors (Lipinski definition) is 1. The van der Waals surface area contributed by atoms with Crippen LogP contribution < -0.4 is 5.32 Å². The first-order chi connectivity index (χ1) is 12.0. The molecule has 25 heavy (non-hydrogen) atoms. The van der Waals surface area contributed by atoms with Crippen LogP contribution in [-0.2, 0) is 4.74 Å². The minimum atomic E-state index is -0.447. The van der Waals surface area contributed by atoms with E-state index in [4.69, 9.17) is 9.26 Å². The van der Waals surface area contributed by atoms with E-state index in [9.17, 15) is 14.4 Å². The molecule has 1 aliphatic rings. The standard InChI is InChI=1S/C17H17N3O5/c1-10-8-14(25-19-10)18-15(21)11-4-5-12-13(9-11)17(23)20(16(12)22)6-3-7-24-2/h4-5,8-9H,3,6-7H2,1-2H3,(H,18,21). The van der Waals surface area contributed by atoms with Crippen molar-refractivity contribution in [3.05, 3.63) is 46.6 Å². The van der Waals surface area contributed by atoms with E-state index in [0.29, 0.717) is 24.3 Å². The molecule has 0 radical (unpaired) electrons. The number of ether oxygens (including phenoxy) is 1. The van der Waals surface area contributed by atoms with Crippen molar-refractivity contribution >= 4 is 23.6 Å². The van der Waals surface area contributed by atoms with Gasteiger partial charge in [0.05, 0.1) is 16.8 Å². The highest BCUT2D eigenvalue weighted by molar-refractivity contribution is 6.22. The number of methoxy groups -OCH3 is 1. The van der Waals surface area contributed by atoms with Gasteiger partial charge in [-0.05, 0) is 31.5 Å². The lowest BCUT2D eigenvalue weighted by molar-refractivity contribution is 0.0638. The van der Waals surface area contributed by atoms with Crippen molar-refractivity contribution < 1.29 is 23.6 Å². The molecule has 3 amide bonds. The number of fused-ring (bicyclic) bond motifs is 1. The monoisotopic (exact) mass is 343 g/mol. The Kier molecular flexibility index (Phi) is 4.62. The fourth-order valence-electron chi connectivity index (χ4n) is 2.61. The molecule has 3 rings (SSSR count). The first-order valence-electron chi connectivity index (χ1n) is 7.75. The molecule has 1 N–H and O–H groups in total. The number of amides is 3. The Bertz CT molecular complexity index is 843. The number of aromatic nitrogens is 1. The van der Waals surface area contributed by atoms with E-state index in [-0.39, 0.29) is 29.5 Å². The Balaban J connectivity index is 1.78. The third-order valence-corrected chi connectivity index (χ3v) is 3.83. The maximum atomic E-state index is 12.4. The topological polar surface area (TPSA) is 102 Å². The van der Waals surface area contributed by atoms with Crippen molar-refractivity contribution in [3.8, 4) is 0 Å². The molecule has 0 bridgehead atoms. The molecule has 0 spiro atoms. The lowest BCUT2D eigenvalue weighted by Crippen LogP contribution is -2.31. The van der Waals surface area contributed by atoms with Gasteiger partial charge >= 0.3 is 0 Å². The van der Waals surface area contributed by atoms with Gasteiger partial charge in [-0.1, -0.05) is 5.16 Å². The first kappa shape index (κ1) is 16.8. The number of imide groups is 1. The Morgan fingerprint density at radius 2 is 2.00 bits per heavy atom. The maximum Gasteiger partial charge on any atom is 0.261 e. The predicted octanol–water partition coefficient (Wildman–Crippen LogP) is 1.87. The molecule has 0 aliphatic carbocycles. The normalized spacial score (nSPS) is 13.3. The summed E-state index contributed by atoms with van der Waals surface area (Å²) in [6, 6.07) is 6.00. The Labute approximate surface area is 143 Å². The summed E-state index contributed by atoms with van der Waals surface area (Å²) < 4.78 is 9.88.